The molecule has 12 heteroatoms. The molecule has 0 bridgehead atoms. The molecule has 1 saturated carbocycles. The van der Waals surface area contributed by atoms with Crippen LogP contribution in [-0.4, -0.2) is 40.4 Å². The van der Waals surface area contributed by atoms with Gasteiger partial charge in [-0.2, -0.15) is 8.78 Å². The largest absolute Gasteiger partial charge is 0.478 e. The molecule has 0 saturated heterocycles. The van der Waals surface area contributed by atoms with Gasteiger partial charge >= 0.3 is 12.6 Å². The van der Waals surface area contributed by atoms with Crippen LogP contribution in [0, 0.1) is 11.7 Å². The number of anilines is 1. The van der Waals surface area contributed by atoms with Crippen molar-refractivity contribution in [3.8, 4) is 17.0 Å². The summed E-state index contributed by atoms with van der Waals surface area (Å²) in [4.78, 5) is 16.5. The lowest BCUT2D eigenvalue weighted by Gasteiger charge is -2.21. The molecule has 1 aliphatic rings. The molecular weight excluding hydrogens is 499 g/mol. The number of nitrogens with one attached hydrogen (secondary N) is 1. The zero-order valence-electron chi connectivity index (χ0n) is 20.0. The monoisotopic (exact) mass is 525 g/mol. The van der Waals surface area contributed by atoms with E-state index in [1.165, 1.54) is 39.1 Å². The van der Waals surface area contributed by atoms with Gasteiger partial charge in [0.1, 0.15) is 5.82 Å². The molecule has 4 rings (SSSR count). The van der Waals surface area contributed by atoms with Gasteiger partial charge in [0.15, 0.2) is 11.6 Å². The van der Waals surface area contributed by atoms with Crippen LogP contribution in [0.4, 0.5) is 19.0 Å². The Hall–Kier alpha value is -3.28. The maximum absolute atomic E-state index is 14.6. The number of carboxylic acid groups (broad SMARTS) is 1. The van der Waals surface area contributed by atoms with E-state index in [0.717, 1.165) is 25.0 Å². The second-order valence-electron chi connectivity index (χ2n) is 9.81. The molecule has 2 aromatic heterocycles. The summed E-state index contributed by atoms with van der Waals surface area (Å²) in [5, 5.41) is 10.1. The number of hydrogen-bond donors (Lipinski definition) is 2. The zero-order valence-corrected chi connectivity index (χ0v) is 20.9. The maximum atomic E-state index is 14.6. The molecule has 1 aromatic carbocycles. The van der Waals surface area contributed by atoms with E-state index in [-0.39, 0.29) is 39.9 Å². The summed E-state index contributed by atoms with van der Waals surface area (Å²) in [7, 11) is -3.74. The molecule has 0 aliphatic heterocycles. The minimum atomic E-state index is -3.74. The van der Waals surface area contributed by atoms with Gasteiger partial charge in [-0.15, -0.1) is 0 Å². The minimum absolute atomic E-state index is 0.0293. The highest BCUT2D eigenvalue weighted by molar-refractivity contribution is 7.94. The number of nitrogens with zero attached hydrogens (tertiary/aromatic N) is 2. The van der Waals surface area contributed by atoms with Crippen molar-refractivity contribution >= 4 is 32.7 Å². The predicted molar refractivity (Wildman–Crippen MR) is 128 cm³/mol. The van der Waals surface area contributed by atoms with Crippen molar-refractivity contribution in [3.05, 3.63) is 41.8 Å². The van der Waals surface area contributed by atoms with Gasteiger partial charge in [0, 0.05) is 29.3 Å². The summed E-state index contributed by atoms with van der Waals surface area (Å²) in [6, 6.07) is 4.65. The average Bonchev–Trinajstić information content (AvgIpc) is 3.55. The SMILES string of the molecule is C[C@@H](C1CC1)n1c(-c2ccc(NS(=O)(=O)C(C)(C)C)nc2)c(C(=O)O)c2cc(F)c(OC(F)F)cc21. The van der Waals surface area contributed by atoms with Crippen LogP contribution in [0.5, 0.6) is 5.75 Å². The van der Waals surface area contributed by atoms with Crippen LogP contribution >= 0.6 is 0 Å². The maximum Gasteiger partial charge on any atom is 0.387 e. The number of sulfonamides is 1. The number of carbonyl (C=O) groups is 1. The van der Waals surface area contributed by atoms with Crippen LogP contribution in [0.25, 0.3) is 22.2 Å². The molecule has 0 spiro atoms. The molecule has 3 aromatic rings. The summed E-state index contributed by atoms with van der Waals surface area (Å²) in [6.07, 6.45) is 3.12. The first-order chi connectivity index (χ1) is 16.7. The summed E-state index contributed by atoms with van der Waals surface area (Å²) in [6.45, 7) is 3.22. The normalized spacial score (nSPS) is 15.3. The Morgan fingerprint density at radius 1 is 1.25 bits per heavy atom. The Morgan fingerprint density at radius 2 is 1.92 bits per heavy atom. The van der Waals surface area contributed by atoms with Gasteiger partial charge in [0.05, 0.1) is 21.5 Å². The molecule has 1 atom stereocenters. The van der Waals surface area contributed by atoms with Gasteiger partial charge in [0.25, 0.3) is 0 Å². The molecule has 0 amide bonds. The molecular formula is C24H26F3N3O5S. The first-order valence-electron chi connectivity index (χ1n) is 11.3. The van der Waals surface area contributed by atoms with Gasteiger partial charge in [-0.3, -0.25) is 4.72 Å². The number of pyridine rings is 1. The van der Waals surface area contributed by atoms with E-state index >= 15 is 0 Å². The van der Waals surface area contributed by atoms with Gasteiger partial charge in [-0.1, -0.05) is 0 Å². The molecule has 1 fully saturated rings. The Balaban J connectivity index is 1.91. The minimum Gasteiger partial charge on any atom is -0.478 e. The highest BCUT2D eigenvalue weighted by Crippen LogP contribution is 2.46. The molecule has 36 heavy (non-hydrogen) atoms. The van der Waals surface area contributed by atoms with Gasteiger partial charge in [0.2, 0.25) is 10.0 Å². The average molecular weight is 526 g/mol. The van der Waals surface area contributed by atoms with E-state index in [2.05, 4.69) is 14.4 Å². The standard InChI is InChI=1S/C24H26F3N3O5S/c1-12(13-5-6-13)30-17-10-18(35-23(26)27)16(25)9-15(17)20(22(31)32)21(30)14-7-8-19(28-11-14)29-36(33,34)24(2,3)4/h7-13,23H,5-6H2,1-4H3,(H,28,29)(H,31,32)/t12-/m0/s1. The van der Waals surface area contributed by atoms with E-state index in [1.807, 2.05) is 6.92 Å². The number of ether oxygens (including phenoxy) is 1. The van der Waals surface area contributed by atoms with Crippen molar-refractivity contribution in [1.82, 2.24) is 9.55 Å². The topological polar surface area (TPSA) is 111 Å². The number of hydrogen-bond acceptors (Lipinski definition) is 5. The van der Waals surface area contributed by atoms with Crippen LogP contribution in [0.2, 0.25) is 0 Å². The van der Waals surface area contributed by atoms with Crippen molar-refractivity contribution < 1.29 is 36.2 Å². The van der Waals surface area contributed by atoms with Crippen molar-refractivity contribution in [2.45, 2.75) is 57.9 Å². The first kappa shape index (κ1) is 25.8. The van der Waals surface area contributed by atoms with E-state index in [4.69, 9.17) is 0 Å². The number of aromatic carboxylic acids is 1. The zero-order chi connectivity index (χ0) is 26.6. The number of alkyl halides is 2. The summed E-state index contributed by atoms with van der Waals surface area (Å²) in [5.41, 5.74) is 0.566. The molecule has 2 N–H and O–H groups in total. The van der Waals surface area contributed by atoms with Crippen LogP contribution < -0.4 is 9.46 Å². The summed E-state index contributed by atoms with van der Waals surface area (Å²) >= 11 is 0. The third kappa shape index (κ3) is 4.73. The lowest BCUT2D eigenvalue weighted by Crippen LogP contribution is -2.33. The quantitative estimate of drug-likeness (QED) is 0.393. The van der Waals surface area contributed by atoms with Crippen molar-refractivity contribution in [2.24, 2.45) is 5.92 Å². The fraction of sp³-hybridized carbons (Fsp3) is 0.417. The Kier molecular flexibility index (Phi) is 6.44. The van der Waals surface area contributed by atoms with Crippen molar-refractivity contribution in [2.75, 3.05) is 4.72 Å². The number of halogens is 3. The number of aromatic nitrogens is 2. The third-order valence-electron chi connectivity index (χ3n) is 6.28. The fourth-order valence-electron chi connectivity index (χ4n) is 4.09. The first-order valence-corrected chi connectivity index (χ1v) is 12.7. The number of rotatable bonds is 8. The highest BCUT2D eigenvalue weighted by atomic mass is 32.2. The fourth-order valence-corrected chi connectivity index (χ4v) is 4.80. The van der Waals surface area contributed by atoms with Gasteiger partial charge in [-0.25, -0.2) is 22.6 Å². The molecule has 0 radical (unpaired) electrons. The molecule has 2 heterocycles. The van der Waals surface area contributed by atoms with E-state index in [9.17, 15) is 31.5 Å². The Morgan fingerprint density at radius 3 is 2.42 bits per heavy atom. The van der Waals surface area contributed by atoms with E-state index < -0.39 is 38.9 Å². The van der Waals surface area contributed by atoms with Crippen LogP contribution in [-0.2, 0) is 10.0 Å². The second kappa shape index (κ2) is 8.99. The van der Waals surface area contributed by atoms with Crippen molar-refractivity contribution in [1.29, 1.82) is 0 Å². The number of fused-ring (bicyclic) bond motifs is 1. The van der Waals surface area contributed by atoms with Crippen LogP contribution in [0.3, 0.4) is 0 Å². The van der Waals surface area contributed by atoms with E-state index in [1.54, 1.807) is 4.57 Å². The predicted octanol–water partition coefficient (Wildman–Crippen LogP) is 5.65. The Bertz CT molecular complexity index is 1430. The van der Waals surface area contributed by atoms with Crippen LogP contribution in [0.15, 0.2) is 30.5 Å². The third-order valence-corrected chi connectivity index (χ3v) is 8.37. The summed E-state index contributed by atoms with van der Waals surface area (Å²) < 4.78 is 72.6. The number of carboxylic acids is 1. The van der Waals surface area contributed by atoms with Crippen molar-refractivity contribution in [3.63, 3.8) is 0 Å². The highest BCUT2D eigenvalue weighted by Gasteiger charge is 2.35. The molecule has 1 aliphatic carbocycles. The lowest BCUT2D eigenvalue weighted by atomic mass is 10.1. The molecule has 8 nitrogen and oxygen atoms in total. The Labute approximate surface area is 206 Å². The van der Waals surface area contributed by atoms with Gasteiger partial charge in [-0.05, 0) is 64.7 Å². The molecule has 0 unspecified atom stereocenters. The van der Waals surface area contributed by atoms with Gasteiger partial charge < -0.3 is 14.4 Å². The smallest absolute Gasteiger partial charge is 0.387 e. The second-order valence-corrected chi connectivity index (χ2v) is 12.2. The van der Waals surface area contributed by atoms with E-state index in [0.29, 0.717) is 5.56 Å². The summed E-state index contributed by atoms with van der Waals surface area (Å²) in [5.74, 6) is -2.87. The number of benzene rings is 1. The molecule has 194 valence electrons. The lowest BCUT2D eigenvalue weighted by molar-refractivity contribution is -0.0521. The van der Waals surface area contributed by atoms with Crippen LogP contribution in [0.1, 0.15) is 56.9 Å².